The van der Waals surface area contributed by atoms with Crippen molar-refractivity contribution in [3.05, 3.63) is 53.6 Å². The number of hydrogen-bond donors (Lipinski definition) is 1. The Balaban J connectivity index is 0.00000484. The van der Waals surface area contributed by atoms with Crippen molar-refractivity contribution in [1.82, 2.24) is 15.1 Å². The molecule has 0 saturated carbocycles. The molecule has 0 aliphatic carbocycles. The quantitative estimate of drug-likeness (QED) is 0.396. The highest BCUT2D eigenvalue weighted by molar-refractivity contribution is 7.90. The monoisotopic (exact) mass is 623 g/mol. The number of carbonyl (C=O) groups excluding carboxylic acids is 2. The Morgan fingerprint density at radius 3 is 2.24 bits per heavy atom. The minimum Gasteiger partial charge on any atom is -0.493 e. The summed E-state index contributed by atoms with van der Waals surface area (Å²) >= 11 is 0. The number of benzene rings is 2. The number of rotatable bonds is 11. The van der Waals surface area contributed by atoms with E-state index in [9.17, 15) is 18.0 Å². The van der Waals surface area contributed by atoms with E-state index >= 15 is 0 Å². The lowest BCUT2D eigenvalue weighted by atomic mass is 9.77. The molecule has 1 spiro atoms. The van der Waals surface area contributed by atoms with Crippen LogP contribution in [-0.2, 0) is 25.9 Å². The molecule has 2 fully saturated rings. The Bertz CT molecular complexity index is 1330. The first-order chi connectivity index (χ1) is 19.6. The van der Waals surface area contributed by atoms with Crippen LogP contribution in [0.1, 0.15) is 49.8 Å². The van der Waals surface area contributed by atoms with Crippen LogP contribution in [0.2, 0.25) is 0 Å². The van der Waals surface area contributed by atoms with Gasteiger partial charge in [0.15, 0.2) is 21.3 Å². The molecule has 2 aliphatic heterocycles. The van der Waals surface area contributed by atoms with Gasteiger partial charge in [0.05, 0.1) is 37.2 Å². The molecule has 2 saturated heterocycles. The van der Waals surface area contributed by atoms with Crippen molar-refractivity contribution in [3.8, 4) is 11.5 Å². The van der Waals surface area contributed by atoms with Crippen molar-refractivity contribution in [1.29, 1.82) is 0 Å². The fraction of sp³-hybridized carbons (Fsp3) is 0.533. The number of likely N-dealkylation sites (tertiary alicyclic amines) is 2. The number of nitrogens with zero attached hydrogens (tertiary/aromatic N) is 2. The third kappa shape index (κ3) is 7.87. The summed E-state index contributed by atoms with van der Waals surface area (Å²) in [5.41, 5.74) is 1.49. The van der Waals surface area contributed by atoms with Gasteiger partial charge in [-0.05, 0) is 81.1 Å². The number of hydrogen-bond acceptors (Lipinski definition) is 8. The van der Waals surface area contributed by atoms with Gasteiger partial charge in [-0.25, -0.2) is 13.2 Å². The topological polar surface area (TPSA) is 114 Å². The maximum absolute atomic E-state index is 13.5. The molecular weight excluding hydrogens is 582 g/mol. The third-order valence-electron chi connectivity index (χ3n) is 8.25. The summed E-state index contributed by atoms with van der Waals surface area (Å²) in [6.45, 7) is 5.62. The highest BCUT2D eigenvalue weighted by Gasteiger charge is 2.47. The Morgan fingerprint density at radius 2 is 1.64 bits per heavy atom. The molecule has 2 amide bonds. The molecule has 10 nitrogen and oxygen atoms in total. The van der Waals surface area contributed by atoms with Gasteiger partial charge in [0.2, 0.25) is 5.91 Å². The zero-order valence-corrected chi connectivity index (χ0v) is 26.4. The molecule has 12 heteroatoms. The maximum atomic E-state index is 13.5. The van der Waals surface area contributed by atoms with Crippen molar-refractivity contribution in [2.24, 2.45) is 5.41 Å². The van der Waals surface area contributed by atoms with E-state index in [1.54, 1.807) is 45.4 Å². The maximum Gasteiger partial charge on any atom is 0.407 e. The zero-order chi connectivity index (χ0) is 29.6. The number of alkyl carbamates (subject to hydrolysis) is 1. The van der Waals surface area contributed by atoms with Crippen molar-refractivity contribution in [2.75, 3.05) is 53.3 Å². The smallest absolute Gasteiger partial charge is 0.407 e. The lowest BCUT2D eigenvalue weighted by Crippen LogP contribution is -2.45. The van der Waals surface area contributed by atoms with E-state index in [4.69, 9.17) is 14.2 Å². The molecule has 4 rings (SSSR count). The summed E-state index contributed by atoms with van der Waals surface area (Å²) in [6.07, 6.45) is 3.82. The number of methoxy groups -OCH3 is 2. The molecule has 2 aromatic rings. The van der Waals surface area contributed by atoms with E-state index in [1.807, 2.05) is 23.1 Å². The highest BCUT2D eigenvalue weighted by Crippen LogP contribution is 2.42. The summed E-state index contributed by atoms with van der Waals surface area (Å²) in [5.74, 6) is 1.40. The lowest BCUT2D eigenvalue weighted by Gasteiger charge is -2.38. The van der Waals surface area contributed by atoms with Gasteiger partial charge in [0.25, 0.3) is 0 Å². The van der Waals surface area contributed by atoms with Crippen LogP contribution in [0.3, 0.4) is 0 Å². The van der Waals surface area contributed by atoms with E-state index in [1.165, 1.54) is 6.26 Å². The van der Waals surface area contributed by atoms with Crippen LogP contribution in [-0.4, -0.2) is 83.5 Å². The van der Waals surface area contributed by atoms with Crippen molar-refractivity contribution >= 4 is 34.2 Å². The summed E-state index contributed by atoms with van der Waals surface area (Å²) in [5, 5.41) is 2.98. The summed E-state index contributed by atoms with van der Waals surface area (Å²) in [4.78, 5) is 30.3. The van der Waals surface area contributed by atoms with E-state index in [0.29, 0.717) is 31.0 Å². The highest BCUT2D eigenvalue weighted by atomic mass is 35.5. The molecular formula is C30H42ClN3O7S. The van der Waals surface area contributed by atoms with Crippen molar-refractivity contribution in [3.63, 3.8) is 0 Å². The number of nitrogens with one attached hydrogen (secondary N) is 1. The molecule has 2 aliphatic rings. The number of sulfone groups is 1. The Kier molecular flexibility index (Phi) is 11.5. The van der Waals surface area contributed by atoms with Crippen molar-refractivity contribution < 1.29 is 32.2 Å². The Hall–Kier alpha value is -3.02. The van der Waals surface area contributed by atoms with Crippen LogP contribution in [0.15, 0.2) is 47.4 Å². The number of amides is 2. The molecule has 0 radical (unpaired) electrons. The average molecular weight is 624 g/mol. The molecule has 232 valence electrons. The first-order valence-corrected chi connectivity index (χ1v) is 15.9. The van der Waals surface area contributed by atoms with E-state index in [2.05, 4.69) is 10.2 Å². The summed E-state index contributed by atoms with van der Waals surface area (Å²) in [7, 11) is -0.0818. The summed E-state index contributed by atoms with van der Waals surface area (Å²) < 4.78 is 39.5. The van der Waals surface area contributed by atoms with Crippen LogP contribution < -0.4 is 14.8 Å². The van der Waals surface area contributed by atoms with E-state index in [-0.39, 0.29) is 41.3 Å². The van der Waals surface area contributed by atoms with Gasteiger partial charge >= 0.3 is 6.09 Å². The predicted octanol–water partition coefficient (Wildman–Crippen LogP) is 4.22. The van der Waals surface area contributed by atoms with Gasteiger partial charge in [0.1, 0.15) is 0 Å². The second kappa shape index (κ2) is 14.4. The van der Waals surface area contributed by atoms with Gasteiger partial charge in [0, 0.05) is 25.9 Å². The lowest BCUT2D eigenvalue weighted by molar-refractivity contribution is -0.138. The molecule has 2 heterocycles. The van der Waals surface area contributed by atoms with Crippen LogP contribution in [0, 0.1) is 5.41 Å². The molecule has 1 unspecified atom stereocenters. The number of piperidine rings is 1. The zero-order valence-electron chi connectivity index (χ0n) is 24.8. The molecule has 2 aromatic carbocycles. The van der Waals surface area contributed by atoms with Crippen LogP contribution in [0.25, 0.3) is 0 Å². The number of carbonyl (C=O) groups is 2. The first-order valence-electron chi connectivity index (χ1n) is 14.0. The van der Waals surface area contributed by atoms with Gasteiger partial charge in [-0.15, -0.1) is 12.4 Å². The number of ether oxygens (including phenoxy) is 3. The van der Waals surface area contributed by atoms with Gasteiger partial charge < -0.3 is 29.3 Å². The minimum absolute atomic E-state index is 0. The SMILES string of the molecule is CCOC(=O)NC(CCN1CCC2(CC1)CCN(Cc1ccc(S(C)(=O)=O)cc1)C2=O)c1ccc(OC)c(OC)c1.Cl. The molecule has 0 aromatic heterocycles. The van der Waals surface area contributed by atoms with Gasteiger partial charge in [-0.3, -0.25) is 4.79 Å². The molecule has 1 N–H and O–H groups in total. The second-order valence-corrected chi connectivity index (χ2v) is 12.9. The molecule has 42 heavy (non-hydrogen) atoms. The fourth-order valence-corrected chi connectivity index (χ4v) is 6.42. The van der Waals surface area contributed by atoms with Crippen molar-refractivity contribution in [2.45, 2.75) is 50.1 Å². The average Bonchev–Trinajstić information content (AvgIpc) is 3.25. The first kappa shape index (κ1) is 33.5. The van der Waals surface area contributed by atoms with E-state index < -0.39 is 15.9 Å². The Labute approximate surface area is 255 Å². The second-order valence-electron chi connectivity index (χ2n) is 10.8. The largest absolute Gasteiger partial charge is 0.493 e. The van der Waals surface area contributed by atoms with Crippen LogP contribution in [0.4, 0.5) is 4.79 Å². The molecule has 1 atom stereocenters. The number of halogens is 1. The Morgan fingerprint density at radius 1 is 1.00 bits per heavy atom. The van der Waals surface area contributed by atoms with Gasteiger partial charge in [-0.2, -0.15) is 0 Å². The summed E-state index contributed by atoms with van der Waals surface area (Å²) in [6, 6.07) is 12.1. The minimum atomic E-state index is -3.25. The van der Waals surface area contributed by atoms with Gasteiger partial charge in [-0.1, -0.05) is 18.2 Å². The third-order valence-corrected chi connectivity index (χ3v) is 9.38. The fourth-order valence-electron chi connectivity index (χ4n) is 5.79. The standard InChI is InChI=1S/C30H41N3O7S.ClH/c1-5-40-29(35)31-25(23-8-11-26(38-2)27(20-23)39-3)12-16-32-17-13-30(14-18-32)15-19-33(28(30)34)21-22-6-9-24(10-7-22)41(4,36)37;/h6-11,20,25H,5,12-19,21H2,1-4H3,(H,31,35);1H. The van der Waals surface area contributed by atoms with E-state index in [0.717, 1.165) is 50.0 Å². The van der Waals surface area contributed by atoms with Crippen LogP contribution >= 0.6 is 12.4 Å². The molecule has 0 bridgehead atoms. The predicted molar refractivity (Wildman–Crippen MR) is 162 cm³/mol. The van der Waals surface area contributed by atoms with Crippen LogP contribution in [0.5, 0.6) is 11.5 Å². The normalized spacial score (nSPS) is 17.4.